The highest BCUT2D eigenvalue weighted by molar-refractivity contribution is 5.69. The minimum atomic E-state index is -1.55. The van der Waals surface area contributed by atoms with Crippen LogP contribution in [0.5, 0.6) is 0 Å². The Bertz CT molecular complexity index is 1430. The summed E-state index contributed by atoms with van der Waals surface area (Å²) in [6.45, 7) is 4.39. The third kappa shape index (κ3) is 42.5. The fraction of sp³-hybridized carbons (Fsp3) is 0.730. The summed E-state index contributed by atoms with van der Waals surface area (Å²) in [5.41, 5.74) is 0. The lowest BCUT2D eigenvalue weighted by atomic mass is 9.99. The molecule has 1 fully saturated rings. The van der Waals surface area contributed by atoms with Crippen LogP contribution in [0.4, 0.5) is 0 Å². The maximum atomic E-state index is 12.9. The fourth-order valence-electron chi connectivity index (χ4n) is 8.47. The van der Waals surface area contributed by atoms with Gasteiger partial charge in [0.15, 0.2) is 6.29 Å². The summed E-state index contributed by atoms with van der Waals surface area (Å²) in [6, 6.07) is 0. The molecule has 72 heavy (non-hydrogen) atoms. The van der Waals surface area contributed by atoms with Crippen molar-refractivity contribution in [3.05, 3.63) is 97.2 Å². The van der Waals surface area contributed by atoms with Crippen LogP contribution in [0, 0.1) is 0 Å². The number of carbonyl (C=O) groups is 1. The van der Waals surface area contributed by atoms with Gasteiger partial charge in [0.05, 0.1) is 19.8 Å². The molecule has 4 N–H and O–H groups in total. The molecule has 0 aromatic heterocycles. The van der Waals surface area contributed by atoms with Gasteiger partial charge in [-0.3, -0.25) is 4.79 Å². The summed E-state index contributed by atoms with van der Waals surface area (Å²) in [5.74, 6) is -0.325. The van der Waals surface area contributed by atoms with Crippen molar-refractivity contribution in [3.63, 3.8) is 0 Å². The number of hydrogen-bond acceptors (Lipinski definition) is 9. The molecular weight excluding hydrogens is 901 g/mol. The summed E-state index contributed by atoms with van der Waals surface area (Å²) >= 11 is 0. The van der Waals surface area contributed by atoms with E-state index in [1.807, 2.05) is 0 Å². The van der Waals surface area contributed by atoms with E-state index in [1.165, 1.54) is 116 Å². The van der Waals surface area contributed by atoms with Gasteiger partial charge in [-0.05, 0) is 96.3 Å². The molecule has 9 heteroatoms. The number of aliphatic hydroxyl groups is 4. The van der Waals surface area contributed by atoms with E-state index in [2.05, 4.69) is 111 Å². The molecule has 0 amide bonds. The summed E-state index contributed by atoms with van der Waals surface area (Å²) in [6.07, 6.45) is 67.4. The molecule has 1 aliphatic heterocycles. The Morgan fingerprint density at radius 2 is 0.847 bits per heavy atom. The highest BCUT2D eigenvalue weighted by Crippen LogP contribution is 2.23. The molecule has 0 saturated carbocycles. The molecule has 6 unspecified atom stereocenters. The minimum absolute atomic E-state index is 0.122. The average molecular weight is 1010 g/mol. The van der Waals surface area contributed by atoms with E-state index in [0.29, 0.717) is 13.0 Å². The molecule has 1 aliphatic rings. The molecule has 0 spiro atoms. The number of ether oxygens (including phenoxy) is 4. The molecule has 0 aromatic rings. The van der Waals surface area contributed by atoms with E-state index in [9.17, 15) is 25.2 Å². The zero-order chi connectivity index (χ0) is 52.1. The monoisotopic (exact) mass is 1010 g/mol. The van der Waals surface area contributed by atoms with Gasteiger partial charge in [-0.25, -0.2) is 0 Å². The Morgan fingerprint density at radius 3 is 1.29 bits per heavy atom. The summed E-state index contributed by atoms with van der Waals surface area (Å²) in [5, 5.41) is 40.4. The number of esters is 1. The zero-order valence-corrected chi connectivity index (χ0v) is 45.9. The smallest absolute Gasteiger partial charge is 0.306 e. The van der Waals surface area contributed by atoms with Gasteiger partial charge in [0.25, 0.3) is 0 Å². The lowest BCUT2D eigenvalue weighted by Gasteiger charge is -2.39. The Balaban J connectivity index is 2.20. The maximum absolute atomic E-state index is 12.9. The lowest BCUT2D eigenvalue weighted by Crippen LogP contribution is -2.59. The van der Waals surface area contributed by atoms with Gasteiger partial charge in [-0.2, -0.15) is 0 Å². The van der Waals surface area contributed by atoms with Gasteiger partial charge in [0.2, 0.25) is 0 Å². The SMILES string of the molecule is CC/C=C\C/C=C\C/C=C\C/C=C\C/C=C\C/C=C\C/C=C\CCCCCCOCC(COC1OC(CO)C(O)C(O)C1O)OC(=O)CCCCCCCCCCCCC/C=C\CCCCCCCCCC. The van der Waals surface area contributed by atoms with E-state index in [1.54, 1.807) is 0 Å². The quantitative estimate of drug-likeness (QED) is 0.0267. The van der Waals surface area contributed by atoms with Crippen LogP contribution in [0.3, 0.4) is 0 Å². The van der Waals surface area contributed by atoms with Gasteiger partial charge < -0.3 is 39.4 Å². The maximum Gasteiger partial charge on any atom is 0.306 e. The fourth-order valence-corrected chi connectivity index (χ4v) is 8.47. The standard InChI is InChI=1S/C63H108O9/c1-3-5-7-9-11-13-15-17-19-21-23-25-27-28-29-31-33-35-37-39-41-43-45-47-49-51-53-69-55-57(56-70-63-62(68)61(67)60(66)58(54-64)72-63)71-59(65)52-50-48-46-44-42-40-38-36-34-32-30-26-24-22-20-18-16-14-12-10-8-6-4-2/h5,7,11,13,17,19,22-25,28-29,33,35,39,41,57-58,60-64,66-68H,3-4,6,8-10,12,14-16,18,20-21,26-27,30-32,34,36-38,40,42-56H2,1-2H3/b7-5-,13-11-,19-17-,24-22-,25-23-,29-28-,35-33-,41-39-. The minimum Gasteiger partial charge on any atom is -0.457 e. The lowest BCUT2D eigenvalue weighted by molar-refractivity contribution is -0.305. The van der Waals surface area contributed by atoms with Crippen LogP contribution in [-0.4, -0.2) is 89.6 Å². The van der Waals surface area contributed by atoms with Gasteiger partial charge in [-0.1, -0.05) is 227 Å². The van der Waals surface area contributed by atoms with Crippen LogP contribution in [0.15, 0.2) is 97.2 Å². The van der Waals surface area contributed by atoms with Gasteiger partial charge in [0.1, 0.15) is 30.5 Å². The Hall–Kier alpha value is -2.89. The van der Waals surface area contributed by atoms with Crippen molar-refractivity contribution < 1.29 is 44.2 Å². The highest BCUT2D eigenvalue weighted by atomic mass is 16.7. The normalized spacial score (nSPS) is 19.4. The molecular formula is C63H108O9. The van der Waals surface area contributed by atoms with E-state index < -0.39 is 43.4 Å². The topological polar surface area (TPSA) is 135 Å². The van der Waals surface area contributed by atoms with Crippen molar-refractivity contribution >= 4 is 5.97 Å². The van der Waals surface area contributed by atoms with Crippen LogP contribution in [-0.2, 0) is 23.7 Å². The van der Waals surface area contributed by atoms with Crippen LogP contribution < -0.4 is 0 Å². The third-order valence-corrected chi connectivity index (χ3v) is 13.0. The number of carbonyl (C=O) groups excluding carboxylic acids is 1. The second-order valence-corrected chi connectivity index (χ2v) is 19.7. The van der Waals surface area contributed by atoms with Crippen molar-refractivity contribution in [1.29, 1.82) is 0 Å². The van der Waals surface area contributed by atoms with Crippen molar-refractivity contribution in [2.24, 2.45) is 0 Å². The summed E-state index contributed by atoms with van der Waals surface area (Å²) < 4.78 is 22.9. The van der Waals surface area contributed by atoms with Crippen LogP contribution in [0.25, 0.3) is 0 Å². The van der Waals surface area contributed by atoms with Crippen LogP contribution in [0.1, 0.15) is 232 Å². The molecule has 1 rings (SSSR count). The van der Waals surface area contributed by atoms with Crippen molar-refractivity contribution in [1.82, 2.24) is 0 Å². The third-order valence-electron chi connectivity index (χ3n) is 13.0. The second kappa shape index (κ2) is 53.0. The molecule has 1 saturated heterocycles. The number of allylic oxidation sites excluding steroid dienone is 16. The molecule has 1 heterocycles. The summed E-state index contributed by atoms with van der Waals surface area (Å²) in [7, 11) is 0. The van der Waals surface area contributed by atoms with Crippen molar-refractivity contribution in [3.8, 4) is 0 Å². The van der Waals surface area contributed by atoms with Gasteiger partial charge >= 0.3 is 5.97 Å². The largest absolute Gasteiger partial charge is 0.457 e. The predicted octanol–water partition coefficient (Wildman–Crippen LogP) is 15.5. The zero-order valence-electron chi connectivity index (χ0n) is 45.9. The second-order valence-electron chi connectivity index (χ2n) is 19.7. The van der Waals surface area contributed by atoms with Crippen molar-refractivity contribution in [2.75, 3.05) is 26.4 Å². The number of hydrogen-bond donors (Lipinski definition) is 4. The Kier molecular flexibility index (Phi) is 49.4. The van der Waals surface area contributed by atoms with E-state index in [0.717, 1.165) is 96.3 Å². The number of unbranched alkanes of at least 4 members (excludes halogenated alkanes) is 23. The number of rotatable bonds is 50. The molecule has 6 atom stereocenters. The van der Waals surface area contributed by atoms with E-state index in [-0.39, 0.29) is 19.2 Å². The Morgan fingerprint density at radius 1 is 0.458 bits per heavy atom. The molecule has 0 aliphatic carbocycles. The van der Waals surface area contributed by atoms with E-state index >= 15 is 0 Å². The van der Waals surface area contributed by atoms with Gasteiger partial charge in [0, 0.05) is 13.0 Å². The van der Waals surface area contributed by atoms with Gasteiger partial charge in [-0.15, -0.1) is 0 Å². The molecule has 0 bridgehead atoms. The molecule has 9 nitrogen and oxygen atoms in total. The summed E-state index contributed by atoms with van der Waals surface area (Å²) in [4.78, 5) is 12.9. The van der Waals surface area contributed by atoms with E-state index in [4.69, 9.17) is 18.9 Å². The first-order chi connectivity index (χ1) is 35.4. The first-order valence-corrected chi connectivity index (χ1v) is 29.3. The number of aliphatic hydroxyl groups excluding tert-OH is 4. The van der Waals surface area contributed by atoms with Crippen LogP contribution in [0.2, 0.25) is 0 Å². The predicted molar refractivity (Wildman–Crippen MR) is 302 cm³/mol. The highest BCUT2D eigenvalue weighted by Gasteiger charge is 2.44. The molecule has 414 valence electrons. The Labute approximate surface area is 441 Å². The molecule has 0 radical (unpaired) electrons. The van der Waals surface area contributed by atoms with Crippen LogP contribution >= 0.6 is 0 Å². The average Bonchev–Trinajstić information content (AvgIpc) is 3.38. The van der Waals surface area contributed by atoms with Crippen molar-refractivity contribution in [2.45, 2.75) is 269 Å². The first kappa shape index (κ1) is 67.1. The first-order valence-electron chi connectivity index (χ1n) is 29.3. The molecule has 0 aromatic carbocycles.